The predicted molar refractivity (Wildman–Crippen MR) is 70.2 cm³/mol. The van der Waals surface area contributed by atoms with Crippen LogP contribution in [0.5, 0.6) is 11.5 Å². The number of aldehydes is 1. The summed E-state index contributed by atoms with van der Waals surface area (Å²) in [5.41, 5.74) is 2.30. The molecule has 0 amide bonds. The van der Waals surface area contributed by atoms with Gasteiger partial charge in [0.2, 0.25) is 0 Å². The van der Waals surface area contributed by atoms with Gasteiger partial charge in [-0.05, 0) is 35.4 Å². The summed E-state index contributed by atoms with van der Waals surface area (Å²) >= 11 is 0. The van der Waals surface area contributed by atoms with E-state index in [2.05, 4.69) is 0 Å². The fourth-order valence-electron chi connectivity index (χ4n) is 1.78. The lowest BCUT2D eigenvalue weighted by molar-refractivity contribution is 0.112. The monoisotopic (exact) mass is 253 g/mol. The van der Waals surface area contributed by atoms with E-state index >= 15 is 0 Å². The number of benzene rings is 2. The maximum atomic E-state index is 10.9. The van der Waals surface area contributed by atoms with E-state index < -0.39 is 0 Å². The maximum Gasteiger partial charge on any atom is 0.168 e. The number of phenolic OH excluding ortho intramolecular Hbond substituents is 1. The van der Waals surface area contributed by atoms with Crippen LogP contribution in [-0.2, 0) is 0 Å². The van der Waals surface area contributed by atoms with E-state index in [-0.39, 0.29) is 17.1 Å². The molecule has 0 fully saturated rings. The molecule has 0 heterocycles. The van der Waals surface area contributed by atoms with Crippen molar-refractivity contribution in [3.63, 3.8) is 0 Å². The molecule has 1 N–H and O–H groups in total. The predicted octanol–water partition coefficient (Wildman–Crippen LogP) is 2.75. The molecule has 0 unspecified atom stereocenters. The van der Waals surface area contributed by atoms with Gasteiger partial charge >= 0.3 is 0 Å². The lowest BCUT2D eigenvalue weighted by Gasteiger charge is -2.09. The molecule has 2 aromatic carbocycles. The quantitative estimate of drug-likeness (QED) is 0.854. The minimum atomic E-state index is -0.171. The van der Waals surface area contributed by atoms with Crippen LogP contribution in [0.1, 0.15) is 15.9 Å². The van der Waals surface area contributed by atoms with E-state index in [9.17, 15) is 9.90 Å². The molecular weight excluding hydrogens is 242 g/mol. The van der Waals surface area contributed by atoms with Crippen LogP contribution in [0.2, 0.25) is 0 Å². The molecule has 0 aliphatic rings. The standard InChI is InChI=1S/C15H11NO3/c1-19-14-7-12(6-13(9-17)15(14)18)11-4-2-10(8-16)3-5-11/h2-7,9,18H,1H3. The first-order valence-electron chi connectivity index (χ1n) is 5.56. The van der Waals surface area contributed by atoms with Crippen LogP contribution in [0.4, 0.5) is 0 Å². The van der Waals surface area contributed by atoms with Crippen LogP contribution in [0.3, 0.4) is 0 Å². The average Bonchev–Trinajstić information content (AvgIpc) is 2.47. The zero-order valence-electron chi connectivity index (χ0n) is 10.3. The number of hydrogen-bond donors (Lipinski definition) is 1. The summed E-state index contributed by atoms with van der Waals surface area (Å²) < 4.78 is 5.03. The van der Waals surface area contributed by atoms with Gasteiger partial charge in [-0.25, -0.2) is 0 Å². The number of hydrogen-bond acceptors (Lipinski definition) is 4. The number of phenols is 1. The van der Waals surface area contributed by atoms with Gasteiger partial charge in [0.15, 0.2) is 17.8 Å². The molecule has 0 radical (unpaired) electrons. The molecule has 0 aliphatic carbocycles. The molecule has 0 aromatic heterocycles. The smallest absolute Gasteiger partial charge is 0.168 e. The Hall–Kier alpha value is -2.80. The molecule has 0 bridgehead atoms. The average molecular weight is 253 g/mol. The Balaban J connectivity index is 2.55. The Morgan fingerprint density at radius 2 is 1.89 bits per heavy atom. The van der Waals surface area contributed by atoms with E-state index in [0.717, 1.165) is 11.1 Å². The fourth-order valence-corrected chi connectivity index (χ4v) is 1.78. The Bertz CT molecular complexity index is 654. The first-order chi connectivity index (χ1) is 9.19. The Kier molecular flexibility index (Phi) is 3.48. The number of carbonyl (C=O) groups excluding carboxylic acids is 1. The molecule has 0 saturated heterocycles. The summed E-state index contributed by atoms with van der Waals surface area (Å²) in [6.07, 6.45) is 0.574. The first kappa shape index (κ1) is 12.7. The van der Waals surface area contributed by atoms with Crippen molar-refractivity contribution in [1.82, 2.24) is 0 Å². The van der Waals surface area contributed by atoms with Gasteiger partial charge in [0.1, 0.15) is 0 Å². The second-order valence-corrected chi connectivity index (χ2v) is 3.92. The summed E-state index contributed by atoms with van der Waals surface area (Å²) in [4.78, 5) is 10.9. The lowest BCUT2D eigenvalue weighted by Crippen LogP contribution is -1.91. The van der Waals surface area contributed by atoms with Gasteiger partial charge in [0.05, 0.1) is 24.3 Å². The summed E-state index contributed by atoms with van der Waals surface area (Å²) in [5.74, 6) is 0.0684. The third-order valence-electron chi connectivity index (χ3n) is 2.80. The molecule has 94 valence electrons. The summed E-state index contributed by atoms with van der Waals surface area (Å²) in [7, 11) is 1.42. The molecule has 0 aliphatic heterocycles. The van der Waals surface area contributed by atoms with Crippen molar-refractivity contribution in [1.29, 1.82) is 5.26 Å². The highest BCUT2D eigenvalue weighted by atomic mass is 16.5. The topological polar surface area (TPSA) is 70.3 Å². The second kappa shape index (κ2) is 5.23. The van der Waals surface area contributed by atoms with Gasteiger partial charge in [-0.2, -0.15) is 5.26 Å². The Morgan fingerprint density at radius 3 is 2.42 bits per heavy atom. The van der Waals surface area contributed by atoms with Crippen molar-refractivity contribution < 1.29 is 14.6 Å². The van der Waals surface area contributed by atoms with Crippen LogP contribution < -0.4 is 4.74 Å². The van der Waals surface area contributed by atoms with E-state index in [1.807, 2.05) is 6.07 Å². The molecule has 2 rings (SSSR count). The maximum absolute atomic E-state index is 10.9. The van der Waals surface area contributed by atoms with Gasteiger partial charge in [-0.1, -0.05) is 12.1 Å². The zero-order chi connectivity index (χ0) is 13.8. The molecule has 4 heteroatoms. The van der Waals surface area contributed by atoms with Crippen molar-refractivity contribution in [2.24, 2.45) is 0 Å². The van der Waals surface area contributed by atoms with Crippen molar-refractivity contribution in [3.8, 4) is 28.7 Å². The summed E-state index contributed by atoms with van der Waals surface area (Å²) in [6.45, 7) is 0. The number of carbonyl (C=O) groups is 1. The van der Waals surface area contributed by atoms with Crippen molar-refractivity contribution >= 4 is 6.29 Å². The molecular formula is C15H11NO3. The van der Waals surface area contributed by atoms with Crippen LogP contribution in [-0.4, -0.2) is 18.5 Å². The van der Waals surface area contributed by atoms with Crippen molar-refractivity contribution in [3.05, 3.63) is 47.5 Å². The number of ether oxygens (including phenoxy) is 1. The third-order valence-corrected chi connectivity index (χ3v) is 2.80. The van der Waals surface area contributed by atoms with Crippen LogP contribution in [0.25, 0.3) is 11.1 Å². The minimum Gasteiger partial charge on any atom is -0.504 e. The normalized spacial score (nSPS) is 9.68. The Morgan fingerprint density at radius 1 is 1.21 bits per heavy atom. The van der Waals surface area contributed by atoms with E-state index in [1.165, 1.54) is 7.11 Å². The van der Waals surface area contributed by atoms with E-state index in [4.69, 9.17) is 10.00 Å². The highest BCUT2D eigenvalue weighted by Crippen LogP contribution is 2.34. The van der Waals surface area contributed by atoms with Gasteiger partial charge in [0, 0.05) is 0 Å². The van der Waals surface area contributed by atoms with Crippen LogP contribution in [0, 0.1) is 11.3 Å². The zero-order valence-corrected chi connectivity index (χ0v) is 10.3. The number of rotatable bonds is 3. The number of aromatic hydroxyl groups is 1. The highest BCUT2D eigenvalue weighted by molar-refractivity contribution is 5.85. The van der Waals surface area contributed by atoms with E-state index in [1.54, 1.807) is 36.4 Å². The van der Waals surface area contributed by atoms with Crippen molar-refractivity contribution in [2.45, 2.75) is 0 Å². The fraction of sp³-hybridized carbons (Fsp3) is 0.0667. The first-order valence-corrected chi connectivity index (χ1v) is 5.56. The largest absolute Gasteiger partial charge is 0.504 e. The second-order valence-electron chi connectivity index (χ2n) is 3.92. The van der Waals surface area contributed by atoms with Crippen LogP contribution >= 0.6 is 0 Å². The summed E-state index contributed by atoms with van der Waals surface area (Å²) in [5, 5.41) is 18.5. The molecule has 0 spiro atoms. The van der Waals surface area contributed by atoms with Gasteiger partial charge in [-0.3, -0.25) is 4.79 Å². The van der Waals surface area contributed by atoms with Crippen LogP contribution in [0.15, 0.2) is 36.4 Å². The van der Waals surface area contributed by atoms with E-state index in [0.29, 0.717) is 11.8 Å². The molecule has 19 heavy (non-hydrogen) atoms. The molecule has 0 atom stereocenters. The third kappa shape index (κ3) is 2.40. The van der Waals surface area contributed by atoms with Crippen molar-refractivity contribution in [2.75, 3.05) is 7.11 Å². The number of methoxy groups -OCH3 is 1. The minimum absolute atomic E-state index is 0.165. The lowest BCUT2D eigenvalue weighted by atomic mass is 10.0. The van der Waals surface area contributed by atoms with Gasteiger partial charge in [0.25, 0.3) is 0 Å². The highest BCUT2D eigenvalue weighted by Gasteiger charge is 2.11. The molecule has 2 aromatic rings. The Labute approximate surface area is 110 Å². The SMILES string of the molecule is COc1cc(-c2ccc(C#N)cc2)cc(C=O)c1O. The molecule has 0 saturated carbocycles. The number of nitrogens with zero attached hydrogens (tertiary/aromatic N) is 1. The molecule has 4 nitrogen and oxygen atoms in total. The van der Waals surface area contributed by atoms with Gasteiger partial charge < -0.3 is 9.84 Å². The summed E-state index contributed by atoms with van der Waals surface area (Å²) in [6, 6.07) is 12.2. The number of nitriles is 1. The van der Waals surface area contributed by atoms with Gasteiger partial charge in [-0.15, -0.1) is 0 Å².